The van der Waals surface area contributed by atoms with Gasteiger partial charge in [0, 0.05) is 24.8 Å². The van der Waals surface area contributed by atoms with Gasteiger partial charge in [0.15, 0.2) is 0 Å². The van der Waals surface area contributed by atoms with Gasteiger partial charge in [-0.05, 0) is 30.4 Å². The largest absolute Gasteiger partial charge is 0.399 e. The van der Waals surface area contributed by atoms with E-state index in [4.69, 9.17) is 5.73 Å². The number of likely N-dealkylation sites (tertiary alicyclic amines) is 1. The molecule has 1 aliphatic rings. The van der Waals surface area contributed by atoms with Crippen molar-refractivity contribution >= 4 is 17.3 Å². The first-order valence-corrected chi connectivity index (χ1v) is 6.63. The number of nitrogens with two attached hydrogens (primary N) is 1. The summed E-state index contributed by atoms with van der Waals surface area (Å²) in [5, 5.41) is 11.0. The number of anilines is 1. The summed E-state index contributed by atoms with van der Waals surface area (Å²) in [4.78, 5) is 24.6. The molecule has 1 heterocycles. The van der Waals surface area contributed by atoms with Crippen molar-refractivity contribution in [3.05, 3.63) is 33.9 Å². The summed E-state index contributed by atoms with van der Waals surface area (Å²) in [7, 11) is 0. The minimum Gasteiger partial charge on any atom is -0.399 e. The second-order valence-electron chi connectivity index (χ2n) is 5.99. The number of benzene rings is 1. The van der Waals surface area contributed by atoms with E-state index in [-0.39, 0.29) is 22.6 Å². The molecule has 0 radical (unpaired) electrons. The summed E-state index contributed by atoms with van der Waals surface area (Å²) < 4.78 is 0. The molecule has 0 saturated carbocycles. The Bertz CT molecular complexity index is 545. The Morgan fingerprint density at radius 1 is 1.35 bits per heavy atom. The Morgan fingerprint density at radius 3 is 2.50 bits per heavy atom. The number of nitrogens with zero attached hydrogens (tertiary/aromatic N) is 2. The summed E-state index contributed by atoms with van der Waals surface area (Å²) in [5.41, 5.74) is 6.12. The van der Waals surface area contributed by atoms with Crippen LogP contribution in [0.1, 0.15) is 37.0 Å². The number of hydrogen-bond acceptors (Lipinski definition) is 4. The minimum absolute atomic E-state index is 0.0784. The zero-order valence-electron chi connectivity index (χ0n) is 11.8. The highest BCUT2D eigenvalue weighted by atomic mass is 16.6. The first kappa shape index (κ1) is 14.3. The number of amides is 1. The second-order valence-corrected chi connectivity index (χ2v) is 5.99. The van der Waals surface area contributed by atoms with Crippen LogP contribution in [0.15, 0.2) is 18.2 Å². The van der Waals surface area contributed by atoms with E-state index in [1.165, 1.54) is 18.2 Å². The van der Waals surface area contributed by atoms with Crippen LogP contribution in [-0.4, -0.2) is 28.8 Å². The summed E-state index contributed by atoms with van der Waals surface area (Å²) in [6.45, 7) is 5.57. The Kier molecular flexibility index (Phi) is 3.65. The van der Waals surface area contributed by atoms with Crippen LogP contribution in [0.4, 0.5) is 11.4 Å². The monoisotopic (exact) mass is 277 g/mol. The molecular formula is C14H19N3O3. The molecule has 1 saturated heterocycles. The van der Waals surface area contributed by atoms with Crippen LogP contribution in [0.5, 0.6) is 0 Å². The van der Waals surface area contributed by atoms with Crippen molar-refractivity contribution in [1.29, 1.82) is 0 Å². The highest BCUT2D eigenvalue weighted by Crippen LogP contribution is 2.31. The van der Waals surface area contributed by atoms with Crippen LogP contribution < -0.4 is 5.73 Å². The molecule has 0 spiro atoms. The SMILES string of the molecule is CC1(C)CCN(C(=O)c2cc(N)ccc2[N+](=O)[O-])CC1. The third kappa shape index (κ3) is 2.89. The lowest BCUT2D eigenvalue weighted by Gasteiger charge is -2.36. The van der Waals surface area contributed by atoms with Crippen LogP contribution in [0.3, 0.4) is 0 Å². The van der Waals surface area contributed by atoms with Gasteiger partial charge in [0.05, 0.1) is 4.92 Å². The molecule has 1 aromatic carbocycles. The van der Waals surface area contributed by atoms with E-state index in [9.17, 15) is 14.9 Å². The van der Waals surface area contributed by atoms with Crippen LogP contribution in [0, 0.1) is 15.5 Å². The maximum absolute atomic E-state index is 12.5. The highest BCUT2D eigenvalue weighted by molar-refractivity contribution is 5.99. The molecule has 0 atom stereocenters. The fourth-order valence-electron chi connectivity index (χ4n) is 2.37. The quantitative estimate of drug-likeness (QED) is 0.510. The number of nitro benzene ring substituents is 1. The van der Waals surface area contributed by atoms with E-state index in [2.05, 4.69) is 13.8 Å². The summed E-state index contributed by atoms with van der Waals surface area (Å²) in [5.74, 6) is -0.306. The second kappa shape index (κ2) is 5.11. The molecule has 1 fully saturated rings. The van der Waals surface area contributed by atoms with E-state index in [0.29, 0.717) is 18.8 Å². The van der Waals surface area contributed by atoms with Crippen LogP contribution in [0.25, 0.3) is 0 Å². The third-order valence-corrected chi connectivity index (χ3v) is 3.85. The van der Waals surface area contributed by atoms with Crippen molar-refractivity contribution in [2.45, 2.75) is 26.7 Å². The van der Waals surface area contributed by atoms with Crippen molar-refractivity contribution in [3.8, 4) is 0 Å². The summed E-state index contributed by atoms with van der Waals surface area (Å²) >= 11 is 0. The lowest BCUT2D eigenvalue weighted by atomic mass is 9.82. The van der Waals surface area contributed by atoms with Gasteiger partial charge in [0.2, 0.25) is 0 Å². The van der Waals surface area contributed by atoms with Gasteiger partial charge in [0.1, 0.15) is 5.56 Å². The van der Waals surface area contributed by atoms with Crippen molar-refractivity contribution in [3.63, 3.8) is 0 Å². The number of carbonyl (C=O) groups excluding carboxylic acids is 1. The van der Waals surface area contributed by atoms with Crippen LogP contribution in [-0.2, 0) is 0 Å². The number of nitrogen functional groups attached to an aromatic ring is 1. The van der Waals surface area contributed by atoms with E-state index < -0.39 is 4.92 Å². The topological polar surface area (TPSA) is 89.5 Å². The maximum Gasteiger partial charge on any atom is 0.282 e. The van der Waals surface area contributed by atoms with E-state index in [0.717, 1.165) is 12.8 Å². The van der Waals surface area contributed by atoms with Gasteiger partial charge in [-0.1, -0.05) is 13.8 Å². The van der Waals surface area contributed by atoms with Crippen LogP contribution in [0.2, 0.25) is 0 Å². The molecular weight excluding hydrogens is 258 g/mol. The molecule has 6 nitrogen and oxygen atoms in total. The van der Waals surface area contributed by atoms with Crippen molar-refractivity contribution < 1.29 is 9.72 Å². The molecule has 2 rings (SSSR count). The predicted octanol–water partition coefficient (Wildman–Crippen LogP) is 2.44. The van der Waals surface area contributed by atoms with Gasteiger partial charge in [-0.15, -0.1) is 0 Å². The molecule has 1 amide bonds. The van der Waals surface area contributed by atoms with Gasteiger partial charge in [-0.3, -0.25) is 14.9 Å². The molecule has 1 aliphatic heterocycles. The fraction of sp³-hybridized carbons (Fsp3) is 0.500. The van der Waals surface area contributed by atoms with Gasteiger partial charge in [0.25, 0.3) is 11.6 Å². The Hall–Kier alpha value is -2.11. The van der Waals surface area contributed by atoms with Gasteiger partial charge < -0.3 is 10.6 Å². The Labute approximate surface area is 117 Å². The van der Waals surface area contributed by atoms with Gasteiger partial charge >= 0.3 is 0 Å². The van der Waals surface area contributed by atoms with Gasteiger partial charge in [-0.2, -0.15) is 0 Å². The van der Waals surface area contributed by atoms with Crippen molar-refractivity contribution in [2.75, 3.05) is 18.8 Å². The molecule has 0 unspecified atom stereocenters. The van der Waals surface area contributed by atoms with E-state index >= 15 is 0 Å². The minimum atomic E-state index is -0.541. The van der Waals surface area contributed by atoms with E-state index in [1.807, 2.05) is 0 Å². The number of rotatable bonds is 2. The normalized spacial score (nSPS) is 17.8. The molecule has 0 aromatic heterocycles. The fourth-order valence-corrected chi connectivity index (χ4v) is 2.37. The highest BCUT2D eigenvalue weighted by Gasteiger charge is 2.31. The standard InChI is InChI=1S/C14H19N3O3/c1-14(2)5-7-16(8-6-14)13(18)11-9-10(15)3-4-12(11)17(19)20/h3-4,9H,5-8,15H2,1-2H3. The number of nitro groups is 1. The zero-order chi connectivity index (χ0) is 14.9. The molecule has 0 bridgehead atoms. The lowest BCUT2D eigenvalue weighted by Crippen LogP contribution is -2.41. The van der Waals surface area contributed by atoms with E-state index in [1.54, 1.807) is 4.90 Å². The lowest BCUT2D eigenvalue weighted by molar-refractivity contribution is -0.385. The Balaban J connectivity index is 2.25. The maximum atomic E-state index is 12.5. The van der Waals surface area contributed by atoms with Crippen LogP contribution >= 0.6 is 0 Å². The first-order chi connectivity index (χ1) is 9.30. The Morgan fingerprint density at radius 2 is 1.95 bits per heavy atom. The molecule has 0 aliphatic carbocycles. The molecule has 20 heavy (non-hydrogen) atoms. The number of carbonyl (C=O) groups is 1. The molecule has 2 N–H and O–H groups in total. The van der Waals surface area contributed by atoms with Crippen molar-refractivity contribution in [1.82, 2.24) is 4.90 Å². The predicted molar refractivity (Wildman–Crippen MR) is 76.4 cm³/mol. The molecule has 108 valence electrons. The van der Waals surface area contributed by atoms with Crippen molar-refractivity contribution in [2.24, 2.45) is 5.41 Å². The molecule has 6 heteroatoms. The number of hydrogen-bond donors (Lipinski definition) is 1. The summed E-state index contributed by atoms with van der Waals surface area (Å²) in [6, 6.07) is 4.12. The smallest absolute Gasteiger partial charge is 0.282 e. The summed E-state index contributed by atoms with van der Waals surface area (Å²) in [6.07, 6.45) is 1.80. The number of piperidine rings is 1. The van der Waals surface area contributed by atoms with Gasteiger partial charge in [-0.25, -0.2) is 0 Å². The first-order valence-electron chi connectivity index (χ1n) is 6.63. The third-order valence-electron chi connectivity index (χ3n) is 3.85. The average Bonchev–Trinajstić information content (AvgIpc) is 2.37. The zero-order valence-corrected chi connectivity index (χ0v) is 11.8. The average molecular weight is 277 g/mol. The molecule has 1 aromatic rings.